The van der Waals surface area contributed by atoms with Crippen molar-refractivity contribution >= 4 is 32.7 Å². The number of thiazole rings is 1. The highest BCUT2D eigenvalue weighted by Gasteiger charge is 2.21. The molecule has 1 aliphatic heterocycles. The normalized spacial score (nSPS) is 14.8. The summed E-state index contributed by atoms with van der Waals surface area (Å²) < 4.78 is 28.3. The molecule has 5 nitrogen and oxygen atoms in total. The minimum atomic E-state index is -3.50. The van der Waals surface area contributed by atoms with Gasteiger partial charge in [-0.1, -0.05) is 24.3 Å². The van der Waals surface area contributed by atoms with Gasteiger partial charge in [-0.25, -0.2) is 18.1 Å². The van der Waals surface area contributed by atoms with Crippen molar-refractivity contribution in [2.45, 2.75) is 38.1 Å². The van der Waals surface area contributed by atoms with E-state index < -0.39 is 10.0 Å². The van der Waals surface area contributed by atoms with E-state index in [1.54, 1.807) is 17.4 Å². The van der Waals surface area contributed by atoms with Crippen molar-refractivity contribution in [2.24, 2.45) is 0 Å². The van der Waals surface area contributed by atoms with Crippen LogP contribution < -0.4 is 4.72 Å². The highest BCUT2D eigenvalue weighted by atomic mass is 32.2. The second kappa shape index (κ2) is 8.65. The van der Waals surface area contributed by atoms with Crippen molar-refractivity contribution in [1.82, 2.24) is 14.6 Å². The van der Waals surface area contributed by atoms with E-state index in [0.717, 1.165) is 52.9 Å². The molecule has 2 aromatic heterocycles. The maximum atomic E-state index is 12.8. The fourth-order valence-corrected chi connectivity index (χ4v) is 7.16. The molecule has 0 fully saturated rings. The number of nitrogens with one attached hydrogen (secondary N) is 1. The van der Waals surface area contributed by atoms with E-state index in [9.17, 15) is 8.42 Å². The zero-order valence-corrected chi connectivity index (χ0v) is 19.1. The van der Waals surface area contributed by atoms with Crippen molar-refractivity contribution in [2.75, 3.05) is 19.6 Å². The molecule has 3 aromatic rings. The van der Waals surface area contributed by atoms with Crippen LogP contribution in [0.2, 0.25) is 0 Å². The topological polar surface area (TPSA) is 62.3 Å². The first-order valence-electron chi connectivity index (χ1n) is 9.74. The summed E-state index contributed by atoms with van der Waals surface area (Å²) in [5, 5.41) is 2.86. The Balaban J connectivity index is 1.32. The van der Waals surface area contributed by atoms with Gasteiger partial charge < -0.3 is 0 Å². The molecule has 0 radical (unpaired) electrons. The van der Waals surface area contributed by atoms with E-state index >= 15 is 0 Å². The Kier molecular flexibility index (Phi) is 6.17. The van der Waals surface area contributed by atoms with Gasteiger partial charge in [0.25, 0.3) is 0 Å². The molecule has 1 aliphatic rings. The van der Waals surface area contributed by atoms with Gasteiger partial charge in [-0.05, 0) is 50.4 Å². The van der Waals surface area contributed by atoms with E-state index in [0.29, 0.717) is 11.4 Å². The summed E-state index contributed by atoms with van der Waals surface area (Å²) >= 11 is 3.03. The zero-order chi connectivity index (χ0) is 20.4. The molecule has 154 valence electrons. The number of thiophene rings is 1. The summed E-state index contributed by atoms with van der Waals surface area (Å²) in [6, 6.07) is 10.3. The fraction of sp³-hybridized carbons (Fsp3) is 0.381. The van der Waals surface area contributed by atoms with Gasteiger partial charge in [-0.2, -0.15) is 0 Å². The van der Waals surface area contributed by atoms with Gasteiger partial charge in [-0.15, -0.1) is 22.7 Å². The predicted octanol–water partition coefficient (Wildman–Crippen LogP) is 4.22. The van der Waals surface area contributed by atoms with E-state index in [2.05, 4.69) is 38.9 Å². The number of aromatic nitrogens is 1. The van der Waals surface area contributed by atoms with Gasteiger partial charge >= 0.3 is 0 Å². The van der Waals surface area contributed by atoms with Gasteiger partial charge in [0.05, 0.1) is 9.77 Å². The van der Waals surface area contributed by atoms with Crippen LogP contribution in [-0.2, 0) is 23.0 Å². The van der Waals surface area contributed by atoms with Crippen LogP contribution in [-0.4, -0.2) is 37.9 Å². The summed E-state index contributed by atoms with van der Waals surface area (Å²) in [7, 11) is -3.50. The predicted molar refractivity (Wildman–Crippen MR) is 120 cm³/mol. The molecule has 1 aromatic carbocycles. The summed E-state index contributed by atoms with van der Waals surface area (Å²) in [5.74, 6) is 0. The molecular formula is C21H25N3O2S3. The molecule has 8 heteroatoms. The molecule has 0 saturated carbocycles. The van der Waals surface area contributed by atoms with Crippen LogP contribution in [0, 0.1) is 13.8 Å². The lowest BCUT2D eigenvalue weighted by atomic mass is 10.00. The highest BCUT2D eigenvalue weighted by molar-refractivity contribution is 7.89. The Morgan fingerprint density at radius 3 is 2.76 bits per heavy atom. The second-order valence-electron chi connectivity index (χ2n) is 7.37. The first-order chi connectivity index (χ1) is 13.9. The molecule has 29 heavy (non-hydrogen) atoms. The maximum Gasteiger partial charge on any atom is 0.241 e. The van der Waals surface area contributed by atoms with Gasteiger partial charge in [0, 0.05) is 35.6 Å². The minimum absolute atomic E-state index is 0.372. The zero-order valence-electron chi connectivity index (χ0n) is 16.6. The monoisotopic (exact) mass is 447 g/mol. The molecule has 4 rings (SSSR count). The number of nitrogens with zero attached hydrogens (tertiary/aromatic N) is 2. The van der Waals surface area contributed by atoms with Crippen molar-refractivity contribution in [3.05, 3.63) is 57.4 Å². The first-order valence-corrected chi connectivity index (χ1v) is 12.9. The summed E-state index contributed by atoms with van der Waals surface area (Å²) in [6.45, 7) is 7.12. The Bertz CT molecular complexity index is 1100. The van der Waals surface area contributed by atoms with Crippen LogP contribution in [0.1, 0.15) is 28.1 Å². The number of fused-ring (bicyclic) bond motifs is 1. The molecule has 0 saturated heterocycles. The third-order valence-electron chi connectivity index (χ3n) is 5.14. The fourth-order valence-electron chi connectivity index (χ4n) is 3.64. The van der Waals surface area contributed by atoms with E-state index in [4.69, 9.17) is 0 Å². The van der Waals surface area contributed by atoms with Gasteiger partial charge in [-0.3, -0.25) is 4.90 Å². The summed E-state index contributed by atoms with van der Waals surface area (Å²) in [6.07, 6.45) is 1.86. The highest BCUT2D eigenvalue weighted by Crippen LogP contribution is 2.35. The van der Waals surface area contributed by atoms with E-state index in [1.807, 2.05) is 19.2 Å². The van der Waals surface area contributed by atoms with Crippen LogP contribution in [0.3, 0.4) is 0 Å². The van der Waals surface area contributed by atoms with Crippen LogP contribution in [0.15, 0.2) is 40.6 Å². The SMILES string of the molecule is Cc1csc(-c2cc(S(=O)(=O)NCCCN3CCc4ccccc4C3)c(C)s2)n1. The average molecular weight is 448 g/mol. The first kappa shape index (κ1) is 20.7. The third kappa shape index (κ3) is 4.78. The Hall–Kier alpha value is -1.58. The molecule has 3 heterocycles. The Morgan fingerprint density at radius 2 is 2.00 bits per heavy atom. The summed E-state index contributed by atoms with van der Waals surface area (Å²) in [4.78, 5) is 8.95. The van der Waals surface area contributed by atoms with E-state index in [-0.39, 0.29) is 0 Å². The maximum absolute atomic E-state index is 12.8. The molecule has 0 aliphatic carbocycles. The van der Waals surface area contributed by atoms with Crippen molar-refractivity contribution in [3.63, 3.8) is 0 Å². The number of aryl methyl sites for hydroxylation is 2. The minimum Gasteiger partial charge on any atom is -0.299 e. The lowest BCUT2D eigenvalue weighted by Crippen LogP contribution is -2.33. The van der Waals surface area contributed by atoms with Crippen LogP contribution >= 0.6 is 22.7 Å². The lowest BCUT2D eigenvalue weighted by molar-refractivity contribution is 0.251. The Labute approximate surface area is 180 Å². The van der Waals surface area contributed by atoms with Crippen molar-refractivity contribution in [3.8, 4) is 9.88 Å². The van der Waals surface area contributed by atoms with Crippen molar-refractivity contribution in [1.29, 1.82) is 0 Å². The molecule has 1 N–H and O–H groups in total. The number of benzene rings is 1. The second-order valence-corrected chi connectivity index (χ2v) is 11.2. The van der Waals surface area contributed by atoms with E-state index in [1.165, 1.54) is 22.5 Å². The number of hydrogen-bond acceptors (Lipinski definition) is 6. The number of sulfonamides is 1. The van der Waals surface area contributed by atoms with Gasteiger partial charge in [0.2, 0.25) is 10.0 Å². The number of rotatable bonds is 7. The molecule has 0 atom stereocenters. The van der Waals surface area contributed by atoms with Crippen LogP contribution in [0.5, 0.6) is 0 Å². The van der Waals surface area contributed by atoms with Crippen LogP contribution in [0.25, 0.3) is 9.88 Å². The standard InChI is InChI=1S/C21H25N3O2S3/c1-15-14-27-21(23-15)19-12-20(16(2)28-19)29(25,26)22-9-5-10-24-11-8-17-6-3-4-7-18(17)13-24/h3-4,6-7,12,14,22H,5,8-11,13H2,1-2H3. The van der Waals surface area contributed by atoms with Gasteiger partial charge in [0.15, 0.2) is 0 Å². The smallest absolute Gasteiger partial charge is 0.241 e. The van der Waals surface area contributed by atoms with Crippen LogP contribution in [0.4, 0.5) is 0 Å². The average Bonchev–Trinajstić information content (AvgIpc) is 3.31. The lowest BCUT2D eigenvalue weighted by Gasteiger charge is -2.28. The molecule has 0 amide bonds. The molecule has 0 bridgehead atoms. The molecular weight excluding hydrogens is 422 g/mol. The quantitative estimate of drug-likeness (QED) is 0.551. The van der Waals surface area contributed by atoms with Crippen molar-refractivity contribution < 1.29 is 8.42 Å². The molecule has 0 unspecified atom stereocenters. The van der Waals surface area contributed by atoms with Gasteiger partial charge in [0.1, 0.15) is 5.01 Å². The third-order valence-corrected chi connectivity index (χ3v) is 9.04. The summed E-state index contributed by atoms with van der Waals surface area (Å²) in [5.41, 5.74) is 3.78. The molecule has 0 spiro atoms. The largest absolute Gasteiger partial charge is 0.299 e. The Morgan fingerprint density at radius 1 is 1.21 bits per heavy atom. The number of hydrogen-bond donors (Lipinski definition) is 1.